The van der Waals surface area contributed by atoms with Crippen LogP contribution in [0.2, 0.25) is 0 Å². The summed E-state index contributed by atoms with van der Waals surface area (Å²) >= 11 is 1.65. The van der Waals surface area contributed by atoms with E-state index in [4.69, 9.17) is 0 Å². The van der Waals surface area contributed by atoms with Gasteiger partial charge in [0.25, 0.3) is 0 Å². The molecule has 0 unspecified atom stereocenters. The number of rotatable bonds is 6. The zero-order chi connectivity index (χ0) is 18.7. The van der Waals surface area contributed by atoms with Crippen molar-refractivity contribution in [1.29, 1.82) is 0 Å². The normalized spacial score (nSPS) is 16.5. The predicted octanol–water partition coefficient (Wildman–Crippen LogP) is 3.15. The van der Waals surface area contributed by atoms with Gasteiger partial charge in [-0.15, -0.1) is 0 Å². The van der Waals surface area contributed by atoms with Crippen molar-refractivity contribution in [3.8, 4) is 0 Å². The minimum Gasteiger partial charge on any atom is -0.479 e. The Kier molecular flexibility index (Phi) is 5.55. The van der Waals surface area contributed by atoms with Gasteiger partial charge < -0.3 is 14.6 Å². The lowest BCUT2D eigenvalue weighted by molar-refractivity contribution is -0.160. The summed E-state index contributed by atoms with van der Waals surface area (Å²) < 4.78 is 1.92. The third kappa shape index (κ3) is 3.32. The first kappa shape index (κ1) is 18.8. The topological polar surface area (TPSA) is 75.4 Å². The molecule has 1 saturated carbocycles. The number of hydrogen-bond acceptors (Lipinski definition) is 4. The third-order valence-electron chi connectivity index (χ3n) is 5.40. The van der Waals surface area contributed by atoms with Crippen LogP contribution in [0.4, 0.5) is 0 Å². The van der Waals surface area contributed by atoms with Crippen LogP contribution in [0.25, 0.3) is 11.0 Å². The largest absolute Gasteiger partial charge is 0.479 e. The van der Waals surface area contributed by atoms with Crippen LogP contribution >= 0.6 is 11.8 Å². The molecule has 1 fully saturated rings. The minimum absolute atomic E-state index is 0.113. The standard InChI is InChI=1S/C19H25N3O3S/c1-21(19(18(24)25)10-6-3-7-11-19)17(23)12-22-15-9-5-4-8-14(15)20-16(22)13-26-2/h4-5,8-9H,3,6-7,10-13H2,1-2H3,(H,24,25). The molecule has 1 N–H and O–H groups in total. The molecule has 2 aromatic rings. The van der Waals surface area contributed by atoms with Gasteiger partial charge in [-0.05, 0) is 31.2 Å². The number of carbonyl (C=O) groups excluding carboxylic acids is 1. The highest BCUT2D eigenvalue weighted by Gasteiger charge is 2.45. The number of fused-ring (bicyclic) bond motifs is 1. The molecule has 0 atom stereocenters. The first-order valence-electron chi connectivity index (χ1n) is 8.93. The molecule has 1 aliphatic rings. The molecule has 1 aromatic carbocycles. The highest BCUT2D eigenvalue weighted by Crippen LogP contribution is 2.33. The smallest absolute Gasteiger partial charge is 0.329 e. The first-order valence-corrected chi connectivity index (χ1v) is 10.3. The number of carbonyl (C=O) groups is 2. The van der Waals surface area contributed by atoms with E-state index >= 15 is 0 Å². The predicted molar refractivity (Wildman–Crippen MR) is 103 cm³/mol. The SMILES string of the molecule is CSCc1nc2ccccc2n1CC(=O)N(C)C1(C(=O)O)CCCCC1. The van der Waals surface area contributed by atoms with Gasteiger partial charge in [-0.2, -0.15) is 11.8 Å². The Bertz CT molecular complexity index is 811. The fourth-order valence-electron chi connectivity index (χ4n) is 3.85. The number of carboxylic acid groups (broad SMARTS) is 1. The van der Waals surface area contributed by atoms with Crippen LogP contribution in [-0.4, -0.2) is 50.3 Å². The monoisotopic (exact) mass is 375 g/mol. The number of amides is 1. The average molecular weight is 375 g/mol. The first-order chi connectivity index (χ1) is 12.5. The molecule has 0 aliphatic heterocycles. The van der Waals surface area contributed by atoms with E-state index < -0.39 is 11.5 Å². The van der Waals surface area contributed by atoms with Gasteiger partial charge in [0.05, 0.1) is 16.8 Å². The van der Waals surface area contributed by atoms with Gasteiger partial charge in [-0.25, -0.2) is 9.78 Å². The highest BCUT2D eigenvalue weighted by atomic mass is 32.2. The van der Waals surface area contributed by atoms with E-state index in [2.05, 4.69) is 4.98 Å². The molecule has 0 radical (unpaired) electrons. The zero-order valence-electron chi connectivity index (χ0n) is 15.3. The lowest BCUT2D eigenvalue weighted by atomic mass is 9.80. The number of aliphatic carboxylic acids is 1. The van der Waals surface area contributed by atoms with Crippen LogP contribution in [-0.2, 0) is 21.9 Å². The maximum absolute atomic E-state index is 13.0. The van der Waals surface area contributed by atoms with Crippen LogP contribution < -0.4 is 0 Å². The summed E-state index contributed by atoms with van der Waals surface area (Å²) in [6, 6.07) is 7.74. The Labute approximate surface area is 157 Å². The van der Waals surface area contributed by atoms with E-state index in [1.165, 1.54) is 4.90 Å². The molecule has 1 aromatic heterocycles. The second-order valence-corrected chi connectivity index (χ2v) is 7.75. The summed E-state index contributed by atoms with van der Waals surface area (Å²) in [5.74, 6) is 0.469. The van der Waals surface area contributed by atoms with Crippen LogP contribution in [0.3, 0.4) is 0 Å². The summed E-state index contributed by atoms with van der Waals surface area (Å²) in [5, 5.41) is 9.83. The van der Waals surface area contributed by atoms with Gasteiger partial charge >= 0.3 is 5.97 Å². The third-order valence-corrected chi connectivity index (χ3v) is 5.94. The Morgan fingerprint density at radius 1 is 1.27 bits per heavy atom. The minimum atomic E-state index is -1.08. The molecule has 0 bridgehead atoms. The number of thioether (sulfide) groups is 1. The van der Waals surface area contributed by atoms with Crippen molar-refractivity contribution in [3.05, 3.63) is 30.1 Å². The van der Waals surface area contributed by atoms with Gasteiger partial charge in [-0.3, -0.25) is 4.79 Å². The highest BCUT2D eigenvalue weighted by molar-refractivity contribution is 7.97. The van der Waals surface area contributed by atoms with Crippen molar-refractivity contribution in [3.63, 3.8) is 0 Å². The Hall–Kier alpha value is -2.02. The van der Waals surface area contributed by atoms with E-state index in [0.717, 1.165) is 36.1 Å². The van der Waals surface area contributed by atoms with E-state index in [1.807, 2.05) is 35.1 Å². The molecule has 1 heterocycles. The second kappa shape index (κ2) is 7.70. The molecule has 7 heteroatoms. The summed E-state index contributed by atoms with van der Waals surface area (Å²) in [7, 11) is 1.63. The van der Waals surface area contributed by atoms with Crippen molar-refractivity contribution < 1.29 is 14.7 Å². The Morgan fingerprint density at radius 2 is 1.96 bits per heavy atom. The van der Waals surface area contributed by atoms with E-state index in [0.29, 0.717) is 18.6 Å². The number of imidazole rings is 1. The zero-order valence-corrected chi connectivity index (χ0v) is 16.1. The number of para-hydroxylation sites is 2. The number of carboxylic acids is 1. The molecular formula is C19H25N3O3S. The Balaban J connectivity index is 1.90. The fourth-order valence-corrected chi connectivity index (χ4v) is 4.33. The molecular weight excluding hydrogens is 350 g/mol. The summed E-state index contributed by atoms with van der Waals surface area (Å²) in [6.07, 6.45) is 5.76. The van der Waals surface area contributed by atoms with Gasteiger partial charge in [0, 0.05) is 7.05 Å². The van der Waals surface area contributed by atoms with Crippen LogP contribution in [0, 0.1) is 0 Å². The van der Waals surface area contributed by atoms with Crippen LogP contribution in [0.1, 0.15) is 37.9 Å². The van der Waals surface area contributed by atoms with Crippen molar-refractivity contribution in [1.82, 2.24) is 14.5 Å². The summed E-state index contributed by atoms with van der Waals surface area (Å²) in [5.41, 5.74) is 0.690. The molecule has 1 amide bonds. The Morgan fingerprint density at radius 3 is 2.62 bits per heavy atom. The van der Waals surface area contributed by atoms with Crippen molar-refractivity contribution >= 4 is 34.7 Å². The van der Waals surface area contributed by atoms with E-state index in [-0.39, 0.29) is 12.5 Å². The summed E-state index contributed by atoms with van der Waals surface area (Å²) in [4.78, 5) is 31.1. The quantitative estimate of drug-likeness (QED) is 0.839. The number of nitrogens with zero attached hydrogens (tertiary/aromatic N) is 3. The maximum Gasteiger partial charge on any atom is 0.329 e. The van der Waals surface area contributed by atoms with Crippen molar-refractivity contribution in [2.45, 2.75) is 49.9 Å². The molecule has 0 saturated heterocycles. The summed E-state index contributed by atoms with van der Waals surface area (Å²) in [6.45, 7) is 0.113. The van der Waals surface area contributed by atoms with E-state index in [9.17, 15) is 14.7 Å². The number of benzene rings is 1. The number of hydrogen-bond donors (Lipinski definition) is 1. The lowest BCUT2D eigenvalue weighted by Gasteiger charge is -2.41. The lowest BCUT2D eigenvalue weighted by Crippen LogP contribution is -2.57. The van der Waals surface area contributed by atoms with Gasteiger partial charge in [0.15, 0.2) is 0 Å². The maximum atomic E-state index is 13.0. The molecule has 6 nitrogen and oxygen atoms in total. The van der Waals surface area contributed by atoms with Crippen molar-refractivity contribution in [2.75, 3.05) is 13.3 Å². The molecule has 1 aliphatic carbocycles. The van der Waals surface area contributed by atoms with E-state index in [1.54, 1.807) is 18.8 Å². The second-order valence-electron chi connectivity index (χ2n) is 6.89. The molecule has 140 valence electrons. The van der Waals surface area contributed by atoms with Crippen LogP contribution in [0.5, 0.6) is 0 Å². The van der Waals surface area contributed by atoms with Crippen LogP contribution in [0.15, 0.2) is 24.3 Å². The number of aromatic nitrogens is 2. The van der Waals surface area contributed by atoms with Gasteiger partial charge in [0.1, 0.15) is 17.9 Å². The molecule has 0 spiro atoms. The average Bonchev–Trinajstić information content (AvgIpc) is 2.99. The van der Waals surface area contributed by atoms with Crippen molar-refractivity contribution in [2.24, 2.45) is 0 Å². The fraction of sp³-hybridized carbons (Fsp3) is 0.526. The van der Waals surface area contributed by atoms with Gasteiger partial charge in [0.2, 0.25) is 5.91 Å². The molecule has 3 rings (SSSR count). The van der Waals surface area contributed by atoms with Gasteiger partial charge in [-0.1, -0.05) is 31.4 Å². The number of likely N-dealkylation sites (N-methyl/N-ethyl adjacent to an activating group) is 1. The molecule has 26 heavy (non-hydrogen) atoms.